The Morgan fingerprint density at radius 3 is 2.58 bits per heavy atom. The number of likely N-dealkylation sites (tertiary alicyclic amines) is 1. The van der Waals surface area contributed by atoms with Gasteiger partial charge in [0.2, 0.25) is 0 Å². The van der Waals surface area contributed by atoms with Crippen molar-refractivity contribution in [3.63, 3.8) is 0 Å². The Bertz CT molecular complexity index is 376. The quantitative estimate of drug-likeness (QED) is 0.779. The van der Waals surface area contributed by atoms with E-state index in [4.69, 9.17) is 9.47 Å². The maximum atomic E-state index is 12.0. The van der Waals surface area contributed by atoms with E-state index in [1.54, 1.807) is 20.8 Å². The second kappa shape index (κ2) is 5.00. The van der Waals surface area contributed by atoms with Crippen molar-refractivity contribution in [1.82, 2.24) is 4.90 Å². The van der Waals surface area contributed by atoms with Gasteiger partial charge in [-0.3, -0.25) is 4.79 Å². The molecular formula is C13H21NO5. The first kappa shape index (κ1) is 14.1. The molecule has 0 aromatic carbocycles. The number of hydrogen-bond acceptors (Lipinski definition) is 4. The summed E-state index contributed by atoms with van der Waals surface area (Å²) in [5.74, 6) is -1.42. The normalized spacial score (nSPS) is 30.9. The number of ether oxygens (including phenoxy) is 2. The number of carboxylic acids is 1. The second-order valence-corrected chi connectivity index (χ2v) is 6.19. The number of carbonyl (C=O) groups is 2. The van der Waals surface area contributed by atoms with E-state index in [2.05, 4.69) is 0 Å². The zero-order chi connectivity index (χ0) is 14.2. The third kappa shape index (κ3) is 3.18. The molecule has 2 saturated heterocycles. The molecule has 1 amide bonds. The number of hydrogen-bond donors (Lipinski definition) is 1. The Hall–Kier alpha value is -1.30. The molecule has 6 heteroatoms. The number of fused-ring (bicyclic) bond motifs is 1. The molecule has 2 fully saturated rings. The Balaban J connectivity index is 2.07. The molecule has 0 saturated carbocycles. The molecule has 0 radical (unpaired) electrons. The molecule has 2 rings (SSSR count). The van der Waals surface area contributed by atoms with Crippen LogP contribution in [0, 0.1) is 11.8 Å². The number of amides is 1. The Labute approximate surface area is 112 Å². The van der Waals surface area contributed by atoms with E-state index >= 15 is 0 Å². The van der Waals surface area contributed by atoms with Gasteiger partial charge in [0.1, 0.15) is 5.60 Å². The zero-order valence-corrected chi connectivity index (χ0v) is 11.6. The molecule has 2 aliphatic rings. The molecule has 3 atom stereocenters. The Morgan fingerprint density at radius 2 is 2.00 bits per heavy atom. The molecule has 0 aliphatic carbocycles. The Morgan fingerprint density at radius 1 is 1.32 bits per heavy atom. The number of nitrogens with zero attached hydrogens (tertiary/aromatic N) is 1. The molecule has 0 unspecified atom stereocenters. The predicted octanol–water partition coefficient (Wildman–Crippen LogP) is 1.34. The highest BCUT2D eigenvalue weighted by atomic mass is 16.6. The van der Waals surface area contributed by atoms with Gasteiger partial charge in [-0.15, -0.1) is 0 Å². The summed E-state index contributed by atoms with van der Waals surface area (Å²) in [5, 5.41) is 9.28. The highest BCUT2D eigenvalue weighted by Gasteiger charge is 2.45. The van der Waals surface area contributed by atoms with Gasteiger partial charge in [-0.25, -0.2) is 4.79 Å². The number of piperidine rings is 1. The molecular weight excluding hydrogens is 250 g/mol. The van der Waals surface area contributed by atoms with Crippen LogP contribution in [0.25, 0.3) is 0 Å². The average molecular weight is 271 g/mol. The monoisotopic (exact) mass is 271 g/mol. The first-order chi connectivity index (χ1) is 8.78. The molecule has 2 heterocycles. The van der Waals surface area contributed by atoms with Crippen molar-refractivity contribution in [3.05, 3.63) is 0 Å². The van der Waals surface area contributed by atoms with Crippen LogP contribution in [0.4, 0.5) is 4.79 Å². The standard InChI is InChI=1S/C13H21NO5/c1-13(2,3)19-12(17)14-6-9(11(15)16)8-4-5-18-10(8)7-14/h8-10H,4-7H2,1-3H3,(H,15,16)/t8-,9+,10+/m0/s1. The van der Waals surface area contributed by atoms with Crippen LogP contribution in [0.2, 0.25) is 0 Å². The summed E-state index contributed by atoms with van der Waals surface area (Å²) in [7, 11) is 0. The van der Waals surface area contributed by atoms with Crippen molar-refractivity contribution >= 4 is 12.1 Å². The van der Waals surface area contributed by atoms with Crippen molar-refractivity contribution in [2.75, 3.05) is 19.7 Å². The summed E-state index contributed by atoms with van der Waals surface area (Å²) in [5.41, 5.74) is -0.580. The van der Waals surface area contributed by atoms with Crippen molar-refractivity contribution < 1.29 is 24.2 Å². The van der Waals surface area contributed by atoms with Crippen molar-refractivity contribution in [2.24, 2.45) is 11.8 Å². The minimum atomic E-state index is -0.867. The molecule has 0 aromatic heterocycles. The lowest BCUT2D eigenvalue weighted by Crippen LogP contribution is -2.53. The first-order valence-electron chi connectivity index (χ1n) is 6.60. The van der Waals surface area contributed by atoms with Gasteiger partial charge in [0.05, 0.1) is 18.6 Å². The number of carbonyl (C=O) groups excluding carboxylic acids is 1. The van der Waals surface area contributed by atoms with Crippen molar-refractivity contribution in [1.29, 1.82) is 0 Å². The van der Waals surface area contributed by atoms with Gasteiger partial charge in [-0.1, -0.05) is 0 Å². The smallest absolute Gasteiger partial charge is 0.410 e. The molecule has 0 bridgehead atoms. The highest BCUT2D eigenvalue weighted by molar-refractivity contribution is 5.74. The van der Waals surface area contributed by atoms with Gasteiger partial charge < -0.3 is 19.5 Å². The fourth-order valence-electron chi connectivity index (χ4n) is 2.71. The van der Waals surface area contributed by atoms with E-state index in [1.807, 2.05) is 0 Å². The van der Waals surface area contributed by atoms with Crippen LogP contribution in [-0.4, -0.2) is 53.5 Å². The van der Waals surface area contributed by atoms with Gasteiger partial charge in [-0.2, -0.15) is 0 Å². The van der Waals surface area contributed by atoms with Crippen molar-refractivity contribution in [2.45, 2.75) is 38.9 Å². The number of carboxylic acid groups (broad SMARTS) is 1. The van der Waals surface area contributed by atoms with Crippen molar-refractivity contribution in [3.8, 4) is 0 Å². The first-order valence-corrected chi connectivity index (χ1v) is 6.60. The lowest BCUT2D eigenvalue weighted by atomic mass is 9.83. The third-order valence-corrected chi connectivity index (χ3v) is 3.56. The average Bonchev–Trinajstić information content (AvgIpc) is 2.72. The maximum Gasteiger partial charge on any atom is 0.410 e. The highest BCUT2D eigenvalue weighted by Crippen LogP contribution is 2.34. The topological polar surface area (TPSA) is 76.1 Å². The summed E-state index contributed by atoms with van der Waals surface area (Å²) in [6, 6.07) is 0. The fraction of sp³-hybridized carbons (Fsp3) is 0.846. The summed E-state index contributed by atoms with van der Waals surface area (Å²) in [4.78, 5) is 24.8. The van der Waals surface area contributed by atoms with Gasteiger partial charge in [-0.05, 0) is 27.2 Å². The van der Waals surface area contributed by atoms with Crippen LogP contribution in [-0.2, 0) is 14.3 Å². The van der Waals surface area contributed by atoms with Crippen LogP contribution in [0.15, 0.2) is 0 Å². The van der Waals surface area contributed by atoms with Crippen LogP contribution in [0.3, 0.4) is 0 Å². The van der Waals surface area contributed by atoms with E-state index in [-0.39, 0.29) is 18.6 Å². The summed E-state index contributed by atoms with van der Waals surface area (Å²) < 4.78 is 10.8. The van der Waals surface area contributed by atoms with Gasteiger partial charge in [0, 0.05) is 19.1 Å². The van der Waals surface area contributed by atoms with Crippen LogP contribution in [0.1, 0.15) is 27.2 Å². The lowest BCUT2D eigenvalue weighted by Gasteiger charge is -2.38. The molecule has 0 spiro atoms. The molecule has 19 heavy (non-hydrogen) atoms. The predicted molar refractivity (Wildman–Crippen MR) is 66.8 cm³/mol. The third-order valence-electron chi connectivity index (χ3n) is 3.56. The van der Waals surface area contributed by atoms with Crippen LogP contribution >= 0.6 is 0 Å². The Kier molecular flexibility index (Phi) is 3.71. The molecule has 2 aliphatic heterocycles. The molecule has 1 N–H and O–H groups in total. The lowest BCUT2D eigenvalue weighted by molar-refractivity contribution is -0.147. The zero-order valence-electron chi connectivity index (χ0n) is 11.6. The summed E-state index contributed by atoms with van der Waals surface area (Å²) in [6.45, 7) is 6.56. The van der Waals surface area contributed by atoms with Gasteiger partial charge in [0.25, 0.3) is 0 Å². The SMILES string of the molecule is CC(C)(C)OC(=O)N1C[C@H]2OCC[C@H]2[C@H](C(=O)O)C1. The summed E-state index contributed by atoms with van der Waals surface area (Å²) in [6.07, 6.45) is 0.110. The van der Waals surface area contributed by atoms with E-state index in [0.29, 0.717) is 13.2 Å². The minimum absolute atomic E-state index is 0.0104. The number of aliphatic carboxylic acids is 1. The van der Waals surface area contributed by atoms with Crippen LogP contribution in [0.5, 0.6) is 0 Å². The van der Waals surface area contributed by atoms with E-state index in [0.717, 1.165) is 6.42 Å². The molecule has 6 nitrogen and oxygen atoms in total. The largest absolute Gasteiger partial charge is 0.481 e. The fourth-order valence-corrected chi connectivity index (χ4v) is 2.71. The molecule has 0 aromatic rings. The van der Waals surface area contributed by atoms with Gasteiger partial charge >= 0.3 is 12.1 Å². The number of rotatable bonds is 1. The second-order valence-electron chi connectivity index (χ2n) is 6.19. The summed E-state index contributed by atoms with van der Waals surface area (Å²) >= 11 is 0. The van der Waals surface area contributed by atoms with E-state index in [1.165, 1.54) is 4.90 Å². The molecule has 108 valence electrons. The van der Waals surface area contributed by atoms with E-state index < -0.39 is 23.6 Å². The van der Waals surface area contributed by atoms with E-state index in [9.17, 15) is 14.7 Å². The van der Waals surface area contributed by atoms with Crippen LogP contribution < -0.4 is 0 Å². The maximum absolute atomic E-state index is 12.0. The van der Waals surface area contributed by atoms with Gasteiger partial charge in [0.15, 0.2) is 0 Å². The minimum Gasteiger partial charge on any atom is -0.481 e.